The van der Waals surface area contributed by atoms with Crippen LogP contribution in [-0.2, 0) is 10.0 Å². The monoisotopic (exact) mass is 406 g/mol. The van der Waals surface area contributed by atoms with Gasteiger partial charge in [0.25, 0.3) is 5.91 Å². The van der Waals surface area contributed by atoms with Gasteiger partial charge in [0.05, 0.1) is 10.6 Å². The van der Waals surface area contributed by atoms with E-state index in [1.165, 1.54) is 46.8 Å². The van der Waals surface area contributed by atoms with Crippen molar-refractivity contribution in [3.8, 4) is 0 Å². The summed E-state index contributed by atoms with van der Waals surface area (Å²) >= 11 is 0. The average Bonchev–Trinajstić information content (AvgIpc) is 2.62. The van der Waals surface area contributed by atoms with Gasteiger partial charge < -0.3 is 5.32 Å². The molecule has 0 fully saturated rings. The highest BCUT2D eigenvalue weighted by Gasteiger charge is 2.26. The number of nitrogens with zero attached hydrogens (tertiary/aromatic N) is 1. The lowest BCUT2D eigenvalue weighted by molar-refractivity contribution is 0.102. The summed E-state index contributed by atoms with van der Waals surface area (Å²) in [4.78, 5) is 12.4. The van der Waals surface area contributed by atoms with Gasteiger partial charge in [0.2, 0.25) is 10.0 Å². The quantitative estimate of drug-likeness (QED) is 0.707. The van der Waals surface area contributed by atoms with E-state index >= 15 is 0 Å². The zero-order valence-corrected chi connectivity index (χ0v) is 17.5. The summed E-state index contributed by atoms with van der Waals surface area (Å²) in [5.74, 6) is -0.651. The van der Waals surface area contributed by atoms with Gasteiger partial charge >= 0.3 is 0 Å². The third-order valence-electron chi connectivity index (χ3n) is 4.01. The molecule has 0 saturated carbocycles. The Morgan fingerprint density at radius 1 is 0.964 bits per heavy atom. The molecule has 28 heavy (non-hydrogen) atoms. The Morgan fingerprint density at radius 2 is 1.50 bits per heavy atom. The van der Waals surface area contributed by atoms with Crippen molar-refractivity contribution < 1.29 is 17.6 Å². The van der Waals surface area contributed by atoms with Crippen LogP contribution in [0, 0.1) is 17.7 Å². The molecule has 0 aliphatic heterocycles. The Morgan fingerprint density at radius 3 is 2.00 bits per heavy atom. The summed E-state index contributed by atoms with van der Waals surface area (Å²) in [5.41, 5.74) is 0.325. The first-order valence-electron chi connectivity index (χ1n) is 9.27. The minimum Gasteiger partial charge on any atom is -0.319 e. The molecule has 0 heterocycles. The van der Waals surface area contributed by atoms with E-state index in [-0.39, 0.29) is 28.0 Å². The van der Waals surface area contributed by atoms with Gasteiger partial charge in [-0.05, 0) is 48.2 Å². The predicted octanol–water partition coefficient (Wildman–Crippen LogP) is 4.38. The van der Waals surface area contributed by atoms with Gasteiger partial charge in [-0.1, -0.05) is 39.8 Å². The van der Waals surface area contributed by atoms with Crippen molar-refractivity contribution >= 4 is 21.6 Å². The molecule has 1 N–H and O–H groups in total. The fourth-order valence-electron chi connectivity index (χ4n) is 2.77. The van der Waals surface area contributed by atoms with Gasteiger partial charge in [-0.25, -0.2) is 12.8 Å². The zero-order valence-electron chi connectivity index (χ0n) is 16.6. The lowest BCUT2D eigenvalue weighted by Crippen LogP contribution is -2.37. The first-order valence-corrected chi connectivity index (χ1v) is 10.7. The molecule has 0 spiro atoms. The molecule has 0 aliphatic carbocycles. The van der Waals surface area contributed by atoms with E-state index in [4.69, 9.17) is 0 Å². The topological polar surface area (TPSA) is 66.5 Å². The Labute approximate surface area is 166 Å². The maximum absolute atomic E-state index is 13.7. The SMILES string of the molecule is CC(C)CN(CC(C)C)S(=O)(=O)c1ccc(C(=O)Nc2ccccc2F)cc1. The number of anilines is 1. The number of hydrogen-bond donors (Lipinski definition) is 1. The van der Waals surface area contributed by atoms with E-state index < -0.39 is 21.7 Å². The minimum atomic E-state index is -3.66. The molecular formula is C21H27FN2O3S. The Hall–Kier alpha value is -2.25. The maximum Gasteiger partial charge on any atom is 0.255 e. The van der Waals surface area contributed by atoms with Gasteiger partial charge in [-0.2, -0.15) is 4.31 Å². The molecule has 1 amide bonds. The predicted molar refractivity (Wildman–Crippen MR) is 109 cm³/mol. The molecule has 0 saturated heterocycles. The Balaban J connectivity index is 2.21. The van der Waals surface area contributed by atoms with Crippen molar-refractivity contribution in [2.75, 3.05) is 18.4 Å². The van der Waals surface area contributed by atoms with E-state index in [1.54, 1.807) is 6.07 Å². The third-order valence-corrected chi connectivity index (χ3v) is 5.86. The summed E-state index contributed by atoms with van der Waals surface area (Å²) in [6.45, 7) is 8.74. The number of benzene rings is 2. The lowest BCUT2D eigenvalue weighted by Gasteiger charge is -2.25. The number of nitrogens with one attached hydrogen (secondary N) is 1. The van der Waals surface area contributed by atoms with Crippen molar-refractivity contribution in [3.63, 3.8) is 0 Å². The molecule has 0 unspecified atom stereocenters. The fourth-order valence-corrected chi connectivity index (χ4v) is 4.54. The number of carbonyl (C=O) groups is 1. The molecule has 0 bridgehead atoms. The van der Waals surface area contributed by atoms with E-state index in [0.717, 1.165) is 0 Å². The first-order chi connectivity index (χ1) is 13.1. The van der Waals surface area contributed by atoms with Crippen molar-refractivity contribution in [1.82, 2.24) is 4.31 Å². The largest absolute Gasteiger partial charge is 0.319 e. The van der Waals surface area contributed by atoms with Gasteiger partial charge in [0.15, 0.2) is 0 Å². The molecule has 2 rings (SSSR count). The summed E-state index contributed by atoms with van der Waals surface area (Å²) in [6.07, 6.45) is 0. The van der Waals surface area contributed by atoms with Crippen molar-refractivity contribution in [2.24, 2.45) is 11.8 Å². The smallest absolute Gasteiger partial charge is 0.255 e. The second kappa shape index (κ2) is 9.30. The van der Waals surface area contributed by atoms with E-state index in [1.807, 2.05) is 27.7 Å². The second-order valence-electron chi connectivity index (χ2n) is 7.57. The third kappa shape index (κ3) is 5.62. The number of rotatable bonds is 8. The van der Waals surface area contributed by atoms with Gasteiger partial charge in [-0.15, -0.1) is 0 Å². The highest BCUT2D eigenvalue weighted by Crippen LogP contribution is 2.20. The standard InChI is InChI=1S/C21H27FN2O3S/c1-15(2)13-24(14-16(3)4)28(26,27)18-11-9-17(10-12-18)21(25)23-20-8-6-5-7-19(20)22/h5-12,15-16H,13-14H2,1-4H3,(H,23,25). The number of para-hydroxylation sites is 1. The highest BCUT2D eigenvalue weighted by atomic mass is 32.2. The molecule has 2 aromatic rings. The molecule has 5 nitrogen and oxygen atoms in total. The van der Waals surface area contributed by atoms with E-state index in [0.29, 0.717) is 13.1 Å². The van der Waals surface area contributed by atoms with Crippen molar-refractivity contribution in [1.29, 1.82) is 0 Å². The molecule has 7 heteroatoms. The van der Waals surface area contributed by atoms with Crippen LogP contribution in [0.2, 0.25) is 0 Å². The van der Waals surface area contributed by atoms with Crippen LogP contribution in [0.15, 0.2) is 53.4 Å². The molecule has 0 aliphatic rings. The Bertz CT molecular complexity index is 900. The summed E-state index contributed by atoms with van der Waals surface area (Å²) < 4.78 is 41.2. The molecule has 152 valence electrons. The van der Waals surface area contributed by atoms with Crippen molar-refractivity contribution in [2.45, 2.75) is 32.6 Å². The van der Waals surface area contributed by atoms with Gasteiger partial charge in [0, 0.05) is 18.7 Å². The first kappa shape index (κ1) is 22.0. The maximum atomic E-state index is 13.7. The van der Waals surface area contributed by atoms with Crippen LogP contribution in [0.4, 0.5) is 10.1 Å². The fraction of sp³-hybridized carbons (Fsp3) is 0.381. The highest BCUT2D eigenvalue weighted by molar-refractivity contribution is 7.89. The zero-order chi connectivity index (χ0) is 20.9. The van der Waals surface area contributed by atoms with Crippen molar-refractivity contribution in [3.05, 3.63) is 59.9 Å². The number of hydrogen-bond acceptors (Lipinski definition) is 3. The number of halogens is 1. The number of amides is 1. The van der Waals surface area contributed by atoms with Crippen LogP contribution in [0.5, 0.6) is 0 Å². The molecular weight excluding hydrogens is 379 g/mol. The number of carbonyl (C=O) groups excluding carboxylic acids is 1. The van der Waals surface area contributed by atoms with Crippen LogP contribution in [0.25, 0.3) is 0 Å². The van der Waals surface area contributed by atoms with E-state index in [9.17, 15) is 17.6 Å². The van der Waals surface area contributed by atoms with E-state index in [2.05, 4.69) is 5.32 Å². The minimum absolute atomic E-state index is 0.0734. The number of sulfonamides is 1. The summed E-state index contributed by atoms with van der Waals surface area (Å²) in [6, 6.07) is 11.6. The molecule has 2 aromatic carbocycles. The normalized spacial score (nSPS) is 12.0. The Kier molecular flexibility index (Phi) is 7.32. The van der Waals surface area contributed by atoms with Crippen LogP contribution in [0.3, 0.4) is 0 Å². The van der Waals surface area contributed by atoms with Crippen LogP contribution in [-0.4, -0.2) is 31.7 Å². The van der Waals surface area contributed by atoms with Gasteiger partial charge in [0.1, 0.15) is 5.82 Å². The molecule has 0 atom stereocenters. The van der Waals surface area contributed by atoms with Crippen LogP contribution < -0.4 is 5.32 Å². The van der Waals surface area contributed by atoms with Crippen LogP contribution in [0.1, 0.15) is 38.1 Å². The molecule has 0 radical (unpaired) electrons. The summed E-state index contributed by atoms with van der Waals surface area (Å²) in [5, 5.41) is 2.49. The van der Waals surface area contributed by atoms with Gasteiger partial charge in [-0.3, -0.25) is 4.79 Å². The summed E-state index contributed by atoms with van der Waals surface area (Å²) in [7, 11) is -3.66. The average molecular weight is 407 g/mol. The molecule has 0 aromatic heterocycles. The lowest BCUT2D eigenvalue weighted by atomic mass is 10.2. The van der Waals surface area contributed by atoms with Crippen LogP contribution >= 0.6 is 0 Å². The second-order valence-corrected chi connectivity index (χ2v) is 9.51.